The summed E-state index contributed by atoms with van der Waals surface area (Å²) in [6.45, 7) is 1.72. The van der Waals surface area contributed by atoms with E-state index < -0.39 is 15.8 Å². The Labute approximate surface area is 124 Å². The smallest absolute Gasteiger partial charge is 0.208 e. The number of piperidine rings is 1. The summed E-state index contributed by atoms with van der Waals surface area (Å²) in [5.41, 5.74) is 0.635. The van der Waals surface area contributed by atoms with Gasteiger partial charge in [0.2, 0.25) is 10.0 Å². The molecule has 0 spiro atoms. The summed E-state index contributed by atoms with van der Waals surface area (Å²) in [6.07, 6.45) is 2.93. The van der Waals surface area contributed by atoms with E-state index in [-0.39, 0.29) is 11.5 Å². The fourth-order valence-electron chi connectivity index (χ4n) is 2.61. The second-order valence-corrected chi connectivity index (χ2v) is 7.15. The minimum absolute atomic E-state index is 0.0502. The lowest BCUT2D eigenvalue weighted by Crippen LogP contribution is -2.41. The molecule has 1 aromatic carbocycles. The first-order valence-corrected chi connectivity index (χ1v) is 8.68. The molecule has 0 aliphatic carbocycles. The van der Waals surface area contributed by atoms with Crippen LogP contribution >= 0.6 is 0 Å². The average Bonchev–Trinajstić information content (AvgIpc) is 2.44. The third kappa shape index (κ3) is 4.16. The van der Waals surface area contributed by atoms with Crippen LogP contribution in [0.1, 0.15) is 18.4 Å². The Bertz CT molecular complexity index is 655. The lowest BCUT2D eigenvalue weighted by Gasteiger charge is -2.34. The highest BCUT2D eigenvalue weighted by atomic mass is 32.2. The molecule has 1 saturated heterocycles. The second kappa shape index (κ2) is 6.41. The molecule has 1 aliphatic rings. The van der Waals surface area contributed by atoms with Gasteiger partial charge in [0.25, 0.3) is 0 Å². The first-order valence-electron chi connectivity index (χ1n) is 6.79. The monoisotopic (exact) mass is 311 g/mol. The van der Waals surface area contributed by atoms with Crippen molar-refractivity contribution in [2.75, 3.05) is 30.8 Å². The van der Waals surface area contributed by atoms with Gasteiger partial charge >= 0.3 is 0 Å². The van der Waals surface area contributed by atoms with Crippen LogP contribution in [0.5, 0.6) is 0 Å². The summed E-state index contributed by atoms with van der Waals surface area (Å²) in [5, 5.41) is 9.10. The van der Waals surface area contributed by atoms with Gasteiger partial charge in [-0.1, -0.05) is 6.07 Å². The summed E-state index contributed by atoms with van der Waals surface area (Å²) < 4.78 is 38.5. The van der Waals surface area contributed by atoms with Crippen LogP contribution < -0.4 is 9.62 Å². The van der Waals surface area contributed by atoms with E-state index in [1.54, 1.807) is 12.1 Å². The van der Waals surface area contributed by atoms with Crippen LogP contribution in [0.25, 0.3) is 0 Å². The highest BCUT2D eigenvalue weighted by Crippen LogP contribution is 2.27. The molecule has 0 radical (unpaired) electrons. The molecule has 1 heterocycles. The second-order valence-electron chi connectivity index (χ2n) is 5.32. The topological polar surface area (TPSA) is 73.2 Å². The SMILES string of the molecule is CS(=O)(=O)NC[C@H]1CCCN(c2cccc(F)c2C#N)C1. The number of hydrogen-bond acceptors (Lipinski definition) is 4. The maximum atomic E-state index is 13.7. The molecule has 1 aromatic rings. The normalized spacial score (nSPS) is 19.3. The lowest BCUT2D eigenvalue weighted by molar-refractivity contribution is 0.411. The van der Waals surface area contributed by atoms with Crippen LogP contribution in [0, 0.1) is 23.1 Å². The van der Waals surface area contributed by atoms with Crippen molar-refractivity contribution >= 4 is 15.7 Å². The molecule has 21 heavy (non-hydrogen) atoms. The Morgan fingerprint density at radius 2 is 2.29 bits per heavy atom. The highest BCUT2D eigenvalue weighted by Gasteiger charge is 2.23. The number of sulfonamides is 1. The van der Waals surface area contributed by atoms with Gasteiger partial charge in [0.1, 0.15) is 17.4 Å². The van der Waals surface area contributed by atoms with Gasteiger partial charge in [-0.25, -0.2) is 17.5 Å². The summed E-state index contributed by atoms with van der Waals surface area (Å²) in [4.78, 5) is 1.96. The van der Waals surface area contributed by atoms with Gasteiger partial charge in [-0.2, -0.15) is 5.26 Å². The molecule has 0 unspecified atom stereocenters. The van der Waals surface area contributed by atoms with E-state index in [0.29, 0.717) is 18.8 Å². The van der Waals surface area contributed by atoms with Crippen LogP contribution in [0.2, 0.25) is 0 Å². The molecule has 1 aliphatic heterocycles. The number of nitrogens with one attached hydrogen (secondary N) is 1. The van der Waals surface area contributed by atoms with Gasteiger partial charge < -0.3 is 4.90 Å². The maximum absolute atomic E-state index is 13.7. The van der Waals surface area contributed by atoms with E-state index in [4.69, 9.17) is 5.26 Å². The molecular weight excluding hydrogens is 293 g/mol. The molecule has 114 valence electrons. The predicted octanol–water partition coefficient (Wildman–Crippen LogP) is 1.46. The van der Waals surface area contributed by atoms with Gasteiger partial charge in [0.15, 0.2) is 0 Å². The molecule has 2 rings (SSSR count). The molecule has 0 amide bonds. The quantitative estimate of drug-likeness (QED) is 0.914. The van der Waals surface area contributed by atoms with E-state index in [1.807, 2.05) is 11.0 Å². The van der Waals surface area contributed by atoms with Crippen molar-refractivity contribution in [1.29, 1.82) is 5.26 Å². The van der Waals surface area contributed by atoms with Crippen LogP contribution in [-0.4, -0.2) is 34.3 Å². The molecule has 0 bridgehead atoms. The lowest BCUT2D eigenvalue weighted by atomic mass is 9.97. The number of halogens is 1. The molecule has 1 fully saturated rings. The summed E-state index contributed by atoms with van der Waals surface area (Å²) in [5.74, 6) is -0.366. The third-order valence-corrected chi connectivity index (χ3v) is 4.29. The number of rotatable bonds is 4. The van der Waals surface area contributed by atoms with E-state index in [1.165, 1.54) is 6.07 Å². The Hall–Kier alpha value is -1.65. The van der Waals surface area contributed by atoms with Gasteiger partial charge in [-0.15, -0.1) is 0 Å². The van der Waals surface area contributed by atoms with Crippen molar-refractivity contribution in [2.45, 2.75) is 12.8 Å². The van der Waals surface area contributed by atoms with Crippen LogP contribution in [0.3, 0.4) is 0 Å². The highest BCUT2D eigenvalue weighted by molar-refractivity contribution is 7.88. The number of nitrogens with zero attached hydrogens (tertiary/aromatic N) is 2. The molecular formula is C14H18FN3O2S. The molecule has 0 saturated carbocycles. The van der Waals surface area contributed by atoms with E-state index >= 15 is 0 Å². The van der Waals surface area contributed by atoms with Crippen LogP contribution in [-0.2, 0) is 10.0 Å². The Kier molecular flexibility index (Phi) is 4.80. The number of nitriles is 1. The van der Waals surface area contributed by atoms with E-state index in [2.05, 4.69) is 4.72 Å². The predicted molar refractivity (Wildman–Crippen MR) is 78.9 cm³/mol. The number of hydrogen-bond donors (Lipinski definition) is 1. The first kappa shape index (κ1) is 15.7. The summed E-state index contributed by atoms with van der Waals surface area (Å²) >= 11 is 0. The molecule has 7 heteroatoms. The molecule has 0 aromatic heterocycles. The van der Waals surface area contributed by atoms with Crippen molar-refractivity contribution in [3.63, 3.8) is 0 Å². The Morgan fingerprint density at radius 3 is 2.95 bits per heavy atom. The Morgan fingerprint density at radius 1 is 1.52 bits per heavy atom. The van der Waals surface area contributed by atoms with Crippen molar-refractivity contribution in [3.8, 4) is 6.07 Å². The van der Waals surface area contributed by atoms with Gasteiger partial charge in [-0.05, 0) is 30.9 Å². The minimum Gasteiger partial charge on any atom is -0.370 e. The molecule has 1 atom stereocenters. The van der Waals surface area contributed by atoms with Gasteiger partial charge in [-0.3, -0.25) is 0 Å². The van der Waals surface area contributed by atoms with Gasteiger partial charge in [0, 0.05) is 19.6 Å². The van der Waals surface area contributed by atoms with Crippen molar-refractivity contribution < 1.29 is 12.8 Å². The fourth-order valence-corrected chi connectivity index (χ4v) is 3.15. The van der Waals surface area contributed by atoms with Gasteiger partial charge in [0.05, 0.1) is 11.9 Å². The molecule has 1 N–H and O–H groups in total. The number of benzene rings is 1. The maximum Gasteiger partial charge on any atom is 0.208 e. The zero-order valence-corrected chi connectivity index (χ0v) is 12.7. The summed E-state index contributed by atoms with van der Waals surface area (Å²) in [7, 11) is -3.21. The first-order chi connectivity index (χ1) is 9.90. The van der Waals surface area contributed by atoms with Crippen molar-refractivity contribution in [2.24, 2.45) is 5.92 Å². The van der Waals surface area contributed by atoms with Crippen LogP contribution in [0.4, 0.5) is 10.1 Å². The Balaban J connectivity index is 2.11. The van der Waals surface area contributed by atoms with E-state index in [0.717, 1.165) is 25.6 Å². The minimum atomic E-state index is -3.21. The largest absolute Gasteiger partial charge is 0.370 e. The van der Waals surface area contributed by atoms with Crippen LogP contribution in [0.15, 0.2) is 18.2 Å². The summed E-state index contributed by atoms with van der Waals surface area (Å²) in [6, 6.07) is 6.49. The van der Waals surface area contributed by atoms with Crippen molar-refractivity contribution in [1.82, 2.24) is 4.72 Å². The van der Waals surface area contributed by atoms with E-state index in [9.17, 15) is 12.8 Å². The average molecular weight is 311 g/mol. The third-order valence-electron chi connectivity index (χ3n) is 3.60. The zero-order valence-electron chi connectivity index (χ0n) is 11.8. The van der Waals surface area contributed by atoms with Crippen molar-refractivity contribution in [3.05, 3.63) is 29.6 Å². The number of anilines is 1. The fraction of sp³-hybridized carbons (Fsp3) is 0.500. The molecule has 5 nitrogen and oxygen atoms in total. The zero-order chi connectivity index (χ0) is 15.5. The standard InChI is InChI=1S/C14H18FN3O2S/c1-21(19,20)17-9-11-4-3-7-18(10-11)14-6-2-5-13(15)12(14)8-16/h2,5-6,11,17H,3-4,7,9-10H2,1H3/t11-/m1/s1.